The van der Waals surface area contributed by atoms with Crippen molar-refractivity contribution in [3.05, 3.63) is 34.4 Å². The zero-order valence-electron chi connectivity index (χ0n) is 9.75. The van der Waals surface area contributed by atoms with Crippen LogP contribution in [0.25, 0.3) is 6.08 Å². The Morgan fingerprint density at radius 2 is 2.05 bits per heavy atom. The maximum absolute atomic E-state index is 13.0. The van der Waals surface area contributed by atoms with Crippen LogP contribution < -0.4 is 4.90 Å². The number of fused-ring (bicyclic) bond motifs is 1. The topological polar surface area (TPSA) is 41.7 Å². The lowest BCUT2D eigenvalue weighted by Gasteiger charge is -2.31. The van der Waals surface area contributed by atoms with E-state index in [1.165, 1.54) is 25.2 Å². The second-order valence-corrected chi connectivity index (χ2v) is 4.73. The molecule has 2 rings (SSSR count). The minimum Gasteiger partial charge on any atom is -0.478 e. The Morgan fingerprint density at radius 3 is 2.58 bits per heavy atom. The minimum absolute atomic E-state index is 0.0286. The summed E-state index contributed by atoms with van der Waals surface area (Å²) in [5.74, 6) is -1.58. The van der Waals surface area contributed by atoms with Crippen molar-refractivity contribution < 1.29 is 28.0 Å². The highest BCUT2D eigenvalue weighted by Crippen LogP contribution is 2.31. The fourth-order valence-electron chi connectivity index (χ4n) is 2.26. The number of aliphatic carboxylic acids is 1. The summed E-state index contributed by atoms with van der Waals surface area (Å²) in [7, 11) is 1.29. The maximum Gasteiger partial charge on any atom is 0.446 e. The van der Waals surface area contributed by atoms with Crippen molar-refractivity contribution in [1.82, 2.24) is 0 Å². The molecule has 1 aromatic carbocycles. The number of carboxylic acid groups (broad SMARTS) is 1. The standard InChI is InChI=1S/C12H9ClF3NO2/c1-17-9-3-2-7(13)4-6(9)5-8(11(18)19)10(17)12(14,15)16/h2-5,10H,1H3,(H,18,19)/p+1. The van der Waals surface area contributed by atoms with Crippen molar-refractivity contribution in [2.45, 2.75) is 12.2 Å². The van der Waals surface area contributed by atoms with Gasteiger partial charge in [-0.25, -0.2) is 4.79 Å². The molecule has 102 valence electrons. The van der Waals surface area contributed by atoms with Crippen LogP contribution in [0.5, 0.6) is 0 Å². The largest absolute Gasteiger partial charge is 0.478 e. The highest BCUT2D eigenvalue weighted by atomic mass is 35.5. The molecule has 0 saturated heterocycles. The lowest BCUT2D eigenvalue weighted by atomic mass is 9.95. The number of hydrogen-bond donors (Lipinski definition) is 2. The molecule has 1 aromatic rings. The summed E-state index contributed by atoms with van der Waals surface area (Å²) >= 11 is 5.77. The molecule has 0 amide bonds. The molecule has 1 aliphatic rings. The second-order valence-electron chi connectivity index (χ2n) is 4.29. The van der Waals surface area contributed by atoms with E-state index in [0.29, 0.717) is 16.3 Å². The molecule has 3 nitrogen and oxygen atoms in total. The molecule has 19 heavy (non-hydrogen) atoms. The van der Waals surface area contributed by atoms with Crippen LogP contribution in [0.15, 0.2) is 23.8 Å². The predicted molar refractivity (Wildman–Crippen MR) is 63.5 cm³/mol. The van der Waals surface area contributed by atoms with E-state index in [4.69, 9.17) is 16.7 Å². The number of alkyl halides is 3. The molecule has 2 N–H and O–H groups in total. The Hall–Kier alpha value is -1.53. The Kier molecular flexibility index (Phi) is 3.32. The lowest BCUT2D eigenvalue weighted by Crippen LogP contribution is -3.11. The number of halogens is 4. The minimum atomic E-state index is -4.63. The summed E-state index contributed by atoms with van der Waals surface area (Å²) in [6, 6.07) is 2.33. The number of quaternary nitrogens is 1. The Labute approximate surface area is 111 Å². The molecule has 1 heterocycles. The smallest absolute Gasteiger partial charge is 0.446 e. The first-order valence-electron chi connectivity index (χ1n) is 5.37. The number of benzene rings is 1. The monoisotopic (exact) mass is 292 g/mol. The first-order chi connectivity index (χ1) is 8.71. The van der Waals surface area contributed by atoms with Gasteiger partial charge in [0.25, 0.3) is 0 Å². The van der Waals surface area contributed by atoms with Crippen LogP contribution in [0.1, 0.15) is 5.56 Å². The molecule has 7 heteroatoms. The van der Waals surface area contributed by atoms with Crippen molar-refractivity contribution >= 4 is 29.3 Å². The zero-order chi connectivity index (χ0) is 14.4. The summed E-state index contributed by atoms with van der Waals surface area (Å²) in [4.78, 5) is 11.0. The molecule has 0 aliphatic carbocycles. The molecule has 2 unspecified atom stereocenters. The van der Waals surface area contributed by atoms with Gasteiger partial charge in [0.2, 0.25) is 6.04 Å². The summed E-state index contributed by atoms with van der Waals surface area (Å²) < 4.78 is 39.1. The van der Waals surface area contributed by atoms with Gasteiger partial charge in [-0.2, -0.15) is 13.2 Å². The SMILES string of the molecule is C[NH+]1c2ccc(Cl)cc2C=C(C(=O)O)C1C(F)(F)F. The van der Waals surface area contributed by atoms with Crippen LogP contribution in [0, 0.1) is 0 Å². The first-order valence-corrected chi connectivity index (χ1v) is 5.74. The molecule has 1 aliphatic heterocycles. The van der Waals surface area contributed by atoms with Gasteiger partial charge in [0.15, 0.2) is 0 Å². The molecule has 0 spiro atoms. The molecule has 0 radical (unpaired) electrons. The van der Waals surface area contributed by atoms with Crippen LogP contribution in [-0.2, 0) is 4.79 Å². The lowest BCUT2D eigenvalue weighted by molar-refractivity contribution is -0.848. The normalized spacial score (nSPS) is 22.7. The van der Waals surface area contributed by atoms with Gasteiger partial charge < -0.3 is 5.11 Å². The molecular formula is C12H10ClF3NO2+. The van der Waals surface area contributed by atoms with Gasteiger partial charge in [-0.15, -0.1) is 0 Å². The average Bonchev–Trinajstić information content (AvgIpc) is 2.25. The van der Waals surface area contributed by atoms with E-state index in [9.17, 15) is 18.0 Å². The van der Waals surface area contributed by atoms with E-state index in [-0.39, 0.29) is 4.90 Å². The fourth-order valence-corrected chi connectivity index (χ4v) is 2.44. The summed E-state index contributed by atoms with van der Waals surface area (Å²) in [5.41, 5.74) is 0.0828. The van der Waals surface area contributed by atoms with Gasteiger partial charge in [0, 0.05) is 16.7 Å². The summed E-state index contributed by atoms with van der Waals surface area (Å²) in [6.07, 6.45) is -3.60. The van der Waals surface area contributed by atoms with Crippen molar-refractivity contribution in [1.29, 1.82) is 0 Å². The van der Waals surface area contributed by atoms with Crippen molar-refractivity contribution in [2.24, 2.45) is 0 Å². The van der Waals surface area contributed by atoms with E-state index in [1.807, 2.05) is 0 Å². The Balaban J connectivity index is 2.64. The van der Waals surface area contributed by atoms with Crippen LogP contribution in [0.3, 0.4) is 0 Å². The van der Waals surface area contributed by atoms with Crippen LogP contribution in [0.4, 0.5) is 18.9 Å². The number of carboxylic acids is 1. The Morgan fingerprint density at radius 1 is 1.42 bits per heavy atom. The van der Waals surface area contributed by atoms with E-state index in [2.05, 4.69) is 0 Å². The number of hydrogen-bond acceptors (Lipinski definition) is 1. The number of likely N-dealkylation sites (N-methyl/N-ethyl adjacent to an activating group) is 1. The number of rotatable bonds is 1. The average molecular weight is 293 g/mol. The van der Waals surface area contributed by atoms with Gasteiger partial charge in [0.1, 0.15) is 11.3 Å². The van der Waals surface area contributed by atoms with E-state index < -0.39 is 23.8 Å². The molecule has 2 atom stereocenters. The summed E-state index contributed by atoms with van der Waals surface area (Å²) in [6.45, 7) is 0. The van der Waals surface area contributed by atoms with E-state index >= 15 is 0 Å². The first kappa shape index (κ1) is 13.9. The van der Waals surface area contributed by atoms with E-state index in [0.717, 1.165) is 6.08 Å². The highest BCUT2D eigenvalue weighted by molar-refractivity contribution is 6.30. The van der Waals surface area contributed by atoms with E-state index in [1.54, 1.807) is 0 Å². The third-order valence-corrected chi connectivity index (χ3v) is 3.30. The van der Waals surface area contributed by atoms with Crippen molar-refractivity contribution in [2.75, 3.05) is 7.05 Å². The third-order valence-electron chi connectivity index (χ3n) is 3.07. The molecule has 0 aromatic heterocycles. The molecule has 0 fully saturated rings. The Bertz CT molecular complexity index is 569. The van der Waals surface area contributed by atoms with Gasteiger partial charge >= 0.3 is 12.1 Å². The van der Waals surface area contributed by atoms with Crippen molar-refractivity contribution in [3.63, 3.8) is 0 Å². The number of nitrogens with one attached hydrogen (secondary N) is 1. The summed E-state index contributed by atoms with van der Waals surface area (Å²) in [5, 5.41) is 9.32. The maximum atomic E-state index is 13.0. The number of carbonyl (C=O) groups is 1. The quantitative estimate of drug-likeness (QED) is 0.830. The molecule has 0 bridgehead atoms. The van der Waals surface area contributed by atoms with Crippen molar-refractivity contribution in [3.8, 4) is 0 Å². The van der Waals surface area contributed by atoms with Crippen LogP contribution >= 0.6 is 11.6 Å². The fraction of sp³-hybridized carbons (Fsp3) is 0.250. The third kappa shape index (κ3) is 2.46. The van der Waals surface area contributed by atoms with Crippen LogP contribution in [0.2, 0.25) is 5.02 Å². The van der Waals surface area contributed by atoms with Crippen LogP contribution in [-0.4, -0.2) is 30.3 Å². The van der Waals surface area contributed by atoms with Gasteiger partial charge in [-0.1, -0.05) is 11.6 Å². The predicted octanol–water partition coefficient (Wildman–Crippen LogP) is 1.90. The van der Waals surface area contributed by atoms with Gasteiger partial charge in [-0.05, 0) is 18.2 Å². The zero-order valence-corrected chi connectivity index (χ0v) is 10.5. The second kappa shape index (κ2) is 4.54. The van der Waals surface area contributed by atoms with Gasteiger partial charge in [-0.3, -0.25) is 4.90 Å². The highest BCUT2D eigenvalue weighted by Gasteiger charge is 2.53. The molecule has 0 saturated carbocycles. The molecular weight excluding hydrogens is 283 g/mol. The van der Waals surface area contributed by atoms with Gasteiger partial charge in [0.05, 0.1) is 7.05 Å².